The minimum absolute atomic E-state index is 0.0972. The Morgan fingerprint density at radius 1 is 1.35 bits per heavy atom. The third-order valence-corrected chi connectivity index (χ3v) is 4.63. The van der Waals surface area contributed by atoms with E-state index in [1.807, 2.05) is 17.6 Å². The van der Waals surface area contributed by atoms with Gasteiger partial charge in [0.1, 0.15) is 10.8 Å². The van der Waals surface area contributed by atoms with E-state index in [0.29, 0.717) is 6.61 Å². The Bertz CT molecular complexity index is 610. The van der Waals surface area contributed by atoms with Gasteiger partial charge in [0.2, 0.25) is 0 Å². The second kappa shape index (κ2) is 4.57. The molecule has 2 aromatic rings. The molecule has 0 amide bonds. The van der Waals surface area contributed by atoms with Gasteiger partial charge in [0, 0.05) is 17.1 Å². The lowest BCUT2D eigenvalue weighted by Crippen LogP contribution is -2.16. The summed E-state index contributed by atoms with van der Waals surface area (Å²) in [6.07, 6.45) is 1.82. The normalized spacial score (nSPS) is 21.8. The standard InChI is InChI=1S/C16H19NO2S/c1-15(2,3)11-5-6-13(18-4)12(9-11)16(10-19-16)14-17-7-8-20-14/h5-9H,10H2,1-4H3. The van der Waals surface area contributed by atoms with Gasteiger partial charge in [-0.25, -0.2) is 4.98 Å². The van der Waals surface area contributed by atoms with Crippen LogP contribution in [0.1, 0.15) is 36.9 Å². The summed E-state index contributed by atoms with van der Waals surface area (Å²) in [5.74, 6) is 0.866. The van der Waals surface area contributed by atoms with E-state index in [2.05, 4.69) is 37.9 Å². The van der Waals surface area contributed by atoms with E-state index in [0.717, 1.165) is 16.3 Å². The van der Waals surface area contributed by atoms with Crippen molar-refractivity contribution >= 4 is 11.3 Å². The molecule has 2 heterocycles. The van der Waals surface area contributed by atoms with E-state index in [-0.39, 0.29) is 5.41 Å². The fourth-order valence-corrected chi connectivity index (χ4v) is 3.17. The largest absolute Gasteiger partial charge is 0.496 e. The SMILES string of the molecule is COc1ccc(C(C)(C)C)cc1C1(c2nccs2)CO1. The molecule has 1 aromatic carbocycles. The maximum Gasteiger partial charge on any atom is 0.171 e. The zero-order valence-electron chi connectivity index (χ0n) is 12.3. The molecule has 0 N–H and O–H groups in total. The van der Waals surface area contributed by atoms with Crippen LogP contribution in [-0.2, 0) is 15.8 Å². The van der Waals surface area contributed by atoms with Crippen LogP contribution in [-0.4, -0.2) is 18.7 Å². The third kappa shape index (κ3) is 2.13. The number of methoxy groups -OCH3 is 1. The number of nitrogens with zero attached hydrogens (tertiary/aromatic N) is 1. The number of benzene rings is 1. The molecule has 1 saturated heterocycles. The Hall–Kier alpha value is -1.39. The summed E-state index contributed by atoms with van der Waals surface area (Å²) in [5.41, 5.74) is 2.06. The lowest BCUT2D eigenvalue weighted by molar-refractivity contribution is 0.332. The molecule has 20 heavy (non-hydrogen) atoms. The smallest absolute Gasteiger partial charge is 0.171 e. The van der Waals surface area contributed by atoms with Crippen molar-refractivity contribution in [3.8, 4) is 5.75 Å². The Morgan fingerprint density at radius 3 is 2.60 bits per heavy atom. The van der Waals surface area contributed by atoms with Crippen LogP contribution < -0.4 is 4.74 Å². The average Bonchev–Trinajstić information content (AvgIpc) is 3.03. The van der Waals surface area contributed by atoms with Crippen LogP contribution in [0.2, 0.25) is 0 Å². The van der Waals surface area contributed by atoms with Crippen LogP contribution >= 0.6 is 11.3 Å². The highest BCUT2D eigenvalue weighted by atomic mass is 32.1. The zero-order chi connectivity index (χ0) is 14.4. The second-order valence-electron chi connectivity index (χ2n) is 6.12. The molecule has 1 unspecified atom stereocenters. The fraction of sp³-hybridized carbons (Fsp3) is 0.438. The highest BCUT2D eigenvalue weighted by Crippen LogP contribution is 2.50. The third-order valence-electron chi connectivity index (χ3n) is 3.71. The van der Waals surface area contributed by atoms with E-state index >= 15 is 0 Å². The highest BCUT2D eigenvalue weighted by molar-refractivity contribution is 7.09. The van der Waals surface area contributed by atoms with Crippen LogP contribution in [0, 0.1) is 0 Å². The quantitative estimate of drug-likeness (QED) is 0.808. The lowest BCUT2D eigenvalue weighted by atomic mass is 9.84. The molecule has 1 aliphatic rings. The maximum atomic E-state index is 5.80. The van der Waals surface area contributed by atoms with Gasteiger partial charge in [-0.15, -0.1) is 11.3 Å². The molecule has 0 radical (unpaired) electrons. The average molecular weight is 289 g/mol. The van der Waals surface area contributed by atoms with Gasteiger partial charge in [-0.2, -0.15) is 0 Å². The number of aromatic nitrogens is 1. The molecule has 1 atom stereocenters. The summed E-state index contributed by atoms with van der Waals surface area (Å²) in [7, 11) is 1.70. The van der Waals surface area contributed by atoms with Crippen molar-refractivity contribution in [2.24, 2.45) is 0 Å². The predicted octanol–water partition coefficient (Wildman–Crippen LogP) is 3.72. The molecule has 1 aliphatic heterocycles. The molecule has 4 heteroatoms. The second-order valence-corrected chi connectivity index (χ2v) is 7.01. The predicted molar refractivity (Wildman–Crippen MR) is 80.5 cm³/mol. The minimum atomic E-state index is -0.402. The number of thiazole rings is 1. The van der Waals surface area contributed by atoms with Crippen molar-refractivity contribution in [3.05, 3.63) is 45.9 Å². The first-order chi connectivity index (χ1) is 9.47. The molecule has 0 bridgehead atoms. The summed E-state index contributed by atoms with van der Waals surface area (Å²) >= 11 is 1.63. The molecule has 0 spiro atoms. The highest BCUT2D eigenvalue weighted by Gasteiger charge is 2.52. The van der Waals surface area contributed by atoms with Crippen molar-refractivity contribution < 1.29 is 9.47 Å². The van der Waals surface area contributed by atoms with E-state index in [1.54, 1.807) is 18.4 Å². The topological polar surface area (TPSA) is 34.6 Å². The molecule has 0 aliphatic carbocycles. The van der Waals surface area contributed by atoms with Gasteiger partial charge >= 0.3 is 0 Å². The summed E-state index contributed by atoms with van der Waals surface area (Å²) in [6, 6.07) is 6.36. The first-order valence-corrected chi connectivity index (χ1v) is 7.58. The monoisotopic (exact) mass is 289 g/mol. The molecule has 0 saturated carbocycles. The first kappa shape index (κ1) is 13.6. The molecular weight excluding hydrogens is 270 g/mol. The Balaban J connectivity index is 2.13. The zero-order valence-corrected chi connectivity index (χ0v) is 13.1. The van der Waals surface area contributed by atoms with Crippen molar-refractivity contribution in [3.63, 3.8) is 0 Å². The number of epoxide rings is 1. The molecule has 3 rings (SSSR count). The Kier molecular flexibility index (Phi) is 3.10. The van der Waals surface area contributed by atoms with Crippen molar-refractivity contribution in [1.29, 1.82) is 0 Å². The van der Waals surface area contributed by atoms with Gasteiger partial charge in [0.05, 0.1) is 13.7 Å². The number of ether oxygens (including phenoxy) is 2. The van der Waals surface area contributed by atoms with Gasteiger partial charge in [-0.05, 0) is 23.1 Å². The van der Waals surface area contributed by atoms with Gasteiger partial charge in [0.25, 0.3) is 0 Å². The Labute approximate surface area is 123 Å². The number of rotatable bonds is 3. The Morgan fingerprint density at radius 2 is 2.10 bits per heavy atom. The van der Waals surface area contributed by atoms with Crippen molar-refractivity contribution in [2.75, 3.05) is 13.7 Å². The van der Waals surface area contributed by atoms with Gasteiger partial charge in [-0.1, -0.05) is 26.8 Å². The van der Waals surface area contributed by atoms with E-state index in [4.69, 9.17) is 9.47 Å². The minimum Gasteiger partial charge on any atom is -0.496 e. The molecule has 1 fully saturated rings. The maximum absolute atomic E-state index is 5.80. The summed E-state index contributed by atoms with van der Waals surface area (Å²) in [5, 5.41) is 2.99. The van der Waals surface area contributed by atoms with Crippen molar-refractivity contribution in [2.45, 2.75) is 31.8 Å². The summed E-state index contributed by atoms with van der Waals surface area (Å²) in [4.78, 5) is 4.43. The molecule has 106 valence electrons. The van der Waals surface area contributed by atoms with Gasteiger partial charge < -0.3 is 9.47 Å². The van der Waals surface area contributed by atoms with E-state index in [9.17, 15) is 0 Å². The fourth-order valence-electron chi connectivity index (χ4n) is 2.38. The van der Waals surface area contributed by atoms with Crippen LogP contribution in [0.25, 0.3) is 0 Å². The van der Waals surface area contributed by atoms with Crippen LogP contribution in [0.4, 0.5) is 0 Å². The van der Waals surface area contributed by atoms with E-state index in [1.165, 1.54) is 5.56 Å². The number of hydrogen-bond acceptors (Lipinski definition) is 4. The van der Waals surface area contributed by atoms with Crippen LogP contribution in [0.5, 0.6) is 5.75 Å². The summed E-state index contributed by atoms with van der Waals surface area (Å²) < 4.78 is 11.3. The van der Waals surface area contributed by atoms with E-state index < -0.39 is 5.60 Å². The molecular formula is C16H19NO2S. The molecule has 3 nitrogen and oxygen atoms in total. The lowest BCUT2D eigenvalue weighted by Gasteiger charge is -2.22. The van der Waals surface area contributed by atoms with Crippen molar-refractivity contribution in [1.82, 2.24) is 4.98 Å². The van der Waals surface area contributed by atoms with Gasteiger partial charge in [0.15, 0.2) is 5.60 Å². The van der Waals surface area contributed by atoms with Gasteiger partial charge in [-0.3, -0.25) is 0 Å². The summed E-state index contributed by atoms with van der Waals surface area (Å²) in [6.45, 7) is 7.30. The first-order valence-electron chi connectivity index (χ1n) is 6.70. The van der Waals surface area contributed by atoms with Crippen LogP contribution in [0.15, 0.2) is 29.8 Å². The molecule has 1 aromatic heterocycles. The number of hydrogen-bond donors (Lipinski definition) is 0. The van der Waals surface area contributed by atoms with Crippen LogP contribution in [0.3, 0.4) is 0 Å².